The number of hydrogen-bond acceptors (Lipinski definition) is 7. The van der Waals surface area contributed by atoms with Crippen LogP contribution in [0.1, 0.15) is 50.8 Å². The number of nitrogen functional groups attached to an aromatic ring is 1. The molecular formula is C21H28N6O. The van der Waals surface area contributed by atoms with E-state index >= 15 is 0 Å². The summed E-state index contributed by atoms with van der Waals surface area (Å²) in [5.41, 5.74) is 14.2. The molecular weight excluding hydrogens is 352 g/mol. The van der Waals surface area contributed by atoms with Crippen molar-refractivity contribution in [3.8, 4) is 5.75 Å². The number of anilines is 2. The Hall–Kier alpha value is -2.67. The molecule has 0 bridgehead atoms. The topological polar surface area (TPSA) is 114 Å². The molecule has 1 aliphatic heterocycles. The van der Waals surface area contributed by atoms with Crippen LogP contribution in [-0.4, -0.2) is 39.9 Å². The maximum Gasteiger partial charge on any atom is 0.132 e. The predicted molar refractivity (Wildman–Crippen MR) is 111 cm³/mol. The van der Waals surface area contributed by atoms with Gasteiger partial charge in [-0.1, -0.05) is 6.92 Å². The molecule has 1 aliphatic carbocycles. The van der Waals surface area contributed by atoms with Gasteiger partial charge in [0.25, 0.3) is 0 Å². The van der Waals surface area contributed by atoms with Gasteiger partial charge in [0.2, 0.25) is 0 Å². The number of nitrogens with zero attached hydrogens (tertiary/aromatic N) is 3. The van der Waals surface area contributed by atoms with Crippen molar-refractivity contribution in [1.29, 1.82) is 5.41 Å². The molecule has 2 aliphatic rings. The highest BCUT2D eigenvalue weighted by molar-refractivity contribution is 6.13. The first kappa shape index (κ1) is 18.7. The fourth-order valence-corrected chi connectivity index (χ4v) is 3.90. The Labute approximate surface area is 165 Å². The van der Waals surface area contributed by atoms with Crippen molar-refractivity contribution in [3.05, 3.63) is 41.9 Å². The lowest BCUT2D eigenvalue weighted by Gasteiger charge is -2.22. The number of rotatable bonds is 6. The summed E-state index contributed by atoms with van der Waals surface area (Å²) in [6.45, 7) is 5.04. The van der Waals surface area contributed by atoms with E-state index in [1.54, 1.807) is 6.07 Å². The molecule has 2 fully saturated rings. The van der Waals surface area contributed by atoms with Crippen LogP contribution < -0.4 is 21.1 Å². The highest BCUT2D eigenvalue weighted by atomic mass is 16.5. The van der Waals surface area contributed by atoms with Crippen molar-refractivity contribution in [3.63, 3.8) is 0 Å². The minimum Gasteiger partial charge on any atom is -0.487 e. The summed E-state index contributed by atoms with van der Waals surface area (Å²) in [5, 5.41) is 8.69. The molecule has 1 aromatic heterocycles. The first-order valence-corrected chi connectivity index (χ1v) is 9.93. The van der Waals surface area contributed by atoms with Gasteiger partial charge in [-0.2, -0.15) is 0 Å². The standard InChI is InChI=1S/C21H28N6O/c1-3-21(6-7-21)28-15-4-5-17(23)16(9-15)20(24)18-10-19(26-12-25-18)27-11-14(22)8-13(27)2/h4-5,9-10,12-14,24H,3,6-8,11,22-23H2,1-2H3/t13-,14+/m0/s1. The minimum atomic E-state index is -0.0394. The third kappa shape index (κ3) is 3.54. The van der Waals surface area contributed by atoms with Crippen LogP contribution in [0.2, 0.25) is 0 Å². The molecule has 28 heavy (non-hydrogen) atoms. The van der Waals surface area contributed by atoms with Crippen molar-refractivity contribution in [2.45, 2.75) is 57.2 Å². The molecule has 2 heterocycles. The Morgan fingerprint density at radius 2 is 2.11 bits per heavy atom. The highest BCUT2D eigenvalue weighted by Crippen LogP contribution is 2.43. The normalized spacial score (nSPS) is 22.9. The monoisotopic (exact) mass is 380 g/mol. The second-order valence-electron chi connectivity index (χ2n) is 8.02. The third-order valence-corrected chi connectivity index (χ3v) is 5.89. The van der Waals surface area contributed by atoms with Crippen molar-refractivity contribution >= 4 is 17.2 Å². The van der Waals surface area contributed by atoms with Gasteiger partial charge in [-0.3, -0.25) is 5.41 Å². The van der Waals surface area contributed by atoms with Gasteiger partial charge < -0.3 is 21.1 Å². The van der Waals surface area contributed by atoms with E-state index < -0.39 is 0 Å². The van der Waals surface area contributed by atoms with Gasteiger partial charge in [0.15, 0.2) is 0 Å². The third-order valence-electron chi connectivity index (χ3n) is 5.89. The lowest BCUT2D eigenvalue weighted by atomic mass is 10.0. The molecule has 2 atom stereocenters. The molecule has 1 aromatic carbocycles. The van der Waals surface area contributed by atoms with Crippen LogP contribution >= 0.6 is 0 Å². The first-order chi connectivity index (χ1) is 13.4. The SMILES string of the molecule is CCC1(Oc2ccc(N)c(C(=N)c3cc(N4C[C@H](N)C[C@@H]4C)ncn3)c2)CC1. The molecule has 1 saturated carbocycles. The number of nitrogens with two attached hydrogens (primary N) is 2. The lowest BCUT2D eigenvalue weighted by Crippen LogP contribution is -2.30. The average molecular weight is 380 g/mol. The van der Waals surface area contributed by atoms with Gasteiger partial charge in [0.05, 0.1) is 11.4 Å². The van der Waals surface area contributed by atoms with Crippen molar-refractivity contribution in [2.75, 3.05) is 17.2 Å². The van der Waals surface area contributed by atoms with Crippen LogP contribution in [0.15, 0.2) is 30.6 Å². The van der Waals surface area contributed by atoms with Gasteiger partial charge in [0.1, 0.15) is 23.5 Å². The summed E-state index contributed by atoms with van der Waals surface area (Å²) in [6.07, 6.45) is 5.57. The zero-order valence-corrected chi connectivity index (χ0v) is 16.5. The molecule has 0 radical (unpaired) electrons. The minimum absolute atomic E-state index is 0.0394. The fourth-order valence-electron chi connectivity index (χ4n) is 3.90. The number of nitrogens with one attached hydrogen (secondary N) is 1. The van der Waals surface area contributed by atoms with Crippen LogP contribution in [0, 0.1) is 5.41 Å². The maximum atomic E-state index is 8.69. The molecule has 2 aromatic rings. The van der Waals surface area contributed by atoms with Gasteiger partial charge in [0, 0.05) is 35.9 Å². The summed E-state index contributed by atoms with van der Waals surface area (Å²) < 4.78 is 6.17. The second kappa shape index (κ2) is 7.05. The largest absolute Gasteiger partial charge is 0.487 e. The Morgan fingerprint density at radius 3 is 2.75 bits per heavy atom. The predicted octanol–water partition coefficient (Wildman–Crippen LogP) is 2.72. The number of ether oxygens (including phenoxy) is 1. The Kier molecular flexibility index (Phi) is 4.71. The van der Waals surface area contributed by atoms with E-state index in [1.807, 2.05) is 18.2 Å². The molecule has 0 spiro atoms. The summed E-state index contributed by atoms with van der Waals surface area (Å²) in [7, 11) is 0. The van der Waals surface area contributed by atoms with E-state index in [4.69, 9.17) is 21.6 Å². The van der Waals surface area contributed by atoms with E-state index in [9.17, 15) is 0 Å². The first-order valence-electron chi connectivity index (χ1n) is 9.93. The van der Waals surface area contributed by atoms with Crippen molar-refractivity contribution in [1.82, 2.24) is 9.97 Å². The van der Waals surface area contributed by atoms with E-state index in [-0.39, 0.29) is 17.4 Å². The zero-order chi connectivity index (χ0) is 19.9. The van der Waals surface area contributed by atoms with Gasteiger partial charge in [-0.05, 0) is 50.8 Å². The molecule has 5 N–H and O–H groups in total. The Bertz CT molecular complexity index is 894. The molecule has 4 rings (SSSR count). The van der Waals surface area contributed by atoms with E-state index in [0.29, 0.717) is 23.0 Å². The smallest absolute Gasteiger partial charge is 0.132 e. The highest BCUT2D eigenvalue weighted by Gasteiger charge is 2.43. The molecule has 0 unspecified atom stereocenters. The second-order valence-corrected chi connectivity index (χ2v) is 8.02. The fraction of sp³-hybridized carbons (Fsp3) is 0.476. The van der Waals surface area contributed by atoms with Gasteiger partial charge >= 0.3 is 0 Å². The van der Waals surface area contributed by atoms with Gasteiger partial charge in [-0.25, -0.2) is 9.97 Å². The molecule has 7 heteroatoms. The number of benzene rings is 1. The van der Waals surface area contributed by atoms with Crippen LogP contribution in [0.4, 0.5) is 11.5 Å². The quantitative estimate of drug-likeness (QED) is 0.524. The van der Waals surface area contributed by atoms with Gasteiger partial charge in [-0.15, -0.1) is 0 Å². The van der Waals surface area contributed by atoms with Crippen LogP contribution in [0.3, 0.4) is 0 Å². The Morgan fingerprint density at radius 1 is 1.32 bits per heavy atom. The van der Waals surface area contributed by atoms with Crippen LogP contribution in [0.5, 0.6) is 5.75 Å². The summed E-state index contributed by atoms with van der Waals surface area (Å²) in [5.74, 6) is 1.55. The van der Waals surface area contributed by atoms with Crippen LogP contribution in [-0.2, 0) is 0 Å². The van der Waals surface area contributed by atoms with Crippen molar-refractivity contribution in [2.24, 2.45) is 5.73 Å². The summed E-state index contributed by atoms with van der Waals surface area (Å²) >= 11 is 0. The molecule has 1 saturated heterocycles. The zero-order valence-electron chi connectivity index (χ0n) is 16.5. The number of hydrogen-bond donors (Lipinski definition) is 3. The molecule has 0 amide bonds. The lowest BCUT2D eigenvalue weighted by molar-refractivity contribution is 0.174. The van der Waals surface area contributed by atoms with Crippen molar-refractivity contribution < 1.29 is 4.74 Å². The maximum absolute atomic E-state index is 8.69. The molecule has 7 nitrogen and oxygen atoms in total. The number of aromatic nitrogens is 2. The summed E-state index contributed by atoms with van der Waals surface area (Å²) in [6, 6.07) is 7.83. The van der Waals surface area contributed by atoms with Crippen LogP contribution in [0.25, 0.3) is 0 Å². The van der Waals surface area contributed by atoms with E-state index in [2.05, 4.69) is 28.7 Å². The summed E-state index contributed by atoms with van der Waals surface area (Å²) in [4.78, 5) is 10.9. The Balaban J connectivity index is 1.60. The van der Waals surface area contributed by atoms with E-state index in [0.717, 1.165) is 43.8 Å². The average Bonchev–Trinajstić information content (AvgIpc) is 3.38. The molecule has 148 valence electrons. The van der Waals surface area contributed by atoms with E-state index in [1.165, 1.54) is 6.33 Å².